The van der Waals surface area contributed by atoms with Gasteiger partial charge in [-0.25, -0.2) is 19.0 Å². The molecule has 0 bridgehead atoms. The van der Waals surface area contributed by atoms with Crippen LogP contribution in [-0.2, 0) is 15.1 Å². The molecule has 1 aliphatic carbocycles. The summed E-state index contributed by atoms with van der Waals surface area (Å²) in [6.07, 6.45) is 5.21. The molecule has 1 saturated carbocycles. The van der Waals surface area contributed by atoms with Gasteiger partial charge in [0.1, 0.15) is 17.0 Å². The van der Waals surface area contributed by atoms with Crippen molar-refractivity contribution in [2.75, 3.05) is 12.4 Å². The Morgan fingerprint density at radius 3 is 2.52 bits per heavy atom. The third-order valence-electron chi connectivity index (χ3n) is 7.50. The van der Waals surface area contributed by atoms with E-state index < -0.39 is 17.0 Å². The number of pyridine rings is 2. The van der Waals surface area contributed by atoms with Gasteiger partial charge in [-0.3, -0.25) is 9.89 Å². The molecule has 0 radical (unpaired) electrons. The predicted octanol–water partition coefficient (Wildman–Crippen LogP) is 3.91. The van der Waals surface area contributed by atoms with Crippen molar-refractivity contribution >= 4 is 17.5 Å². The zero-order chi connectivity index (χ0) is 28.5. The largest absolute Gasteiger partial charge is 0.384 e. The quantitative estimate of drug-likeness (QED) is 0.260. The maximum atomic E-state index is 13.5. The third-order valence-corrected chi connectivity index (χ3v) is 7.50. The van der Waals surface area contributed by atoms with Gasteiger partial charge in [0.05, 0.1) is 24.1 Å². The molecule has 210 valence electrons. The Morgan fingerprint density at radius 1 is 1.15 bits per heavy atom. The number of rotatable bonds is 8. The van der Waals surface area contributed by atoms with Gasteiger partial charge < -0.3 is 20.5 Å². The Morgan fingerprint density at radius 2 is 1.93 bits per heavy atom. The van der Waals surface area contributed by atoms with Crippen LogP contribution in [0, 0.1) is 19.7 Å². The van der Waals surface area contributed by atoms with Gasteiger partial charge in [0.25, 0.3) is 5.91 Å². The fraction of sp³-hybridized carbons (Fsp3) is 0.393. The standard InChI is InChI=1S/C28H33FN8O3/c1-17-11-22(33-23(12-17)34-24-13-18(2)35-36-24)27(39)7-9-28(40-4,10-8-27)26(38)32-19(3)20-5-6-25(30-14-20)37-16-21(29)15-31-37/h5-6,11-16,19,39H,7-10H2,1-4H3,(H,32,38)(H2,33,34,35,36)/t19-,27-,28+/m0/s1. The van der Waals surface area contributed by atoms with Crippen LogP contribution in [0.2, 0.25) is 0 Å². The van der Waals surface area contributed by atoms with E-state index in [9.17, 15) is 14.3 Å². The number of anilines is 2. The number of halogens is 1. The molecule has 4 aromatic rings. The Balaban J connectivity index is 1.25. The van der Waals surface area contributed by atoms with Crippen molar-refractivity contribution < 1.29 is 19.0 Å². The molecule has 4 aromatic heterocycles. The maximum Gasteiger partial charge on any atom is 0.252 e. The SMILES string of the molecule is CO[C@]1(C(=O)N[C@@H](C)c2ccc(-n3cc(F)cn3)nc2)CC[C@@](O)(c2cc(C)cc(Nc3cc(C)[nH]n3)n2)CC1. The van der Waals surface area contributed by atoms with E-state index in [1.807, 2.05) is 45.0 Å². The van der Waals surface area contributed by atoms with Crippen LogP contribution in [0.3, 0.4) is 0 Å². The number of H-pyrrole nitrogens is 1. The molecule has 4 N–H and O–H groups in total. The number of amides is 1. The second kappa shape index (κ2) is 10.8. The highest BCUT2D eigenvalue weighted by atomic mass is 19.1. The number of aromatic nitrogens is 6. The smallest absolute Gasteiger partial charge is 0.252 e. The van der Waals surface area contributed by atoms with Gasteiger partial charge in [-0.15, -0.1) is 0 Å². The number of hydrogen-bond acceptors (Lipinski definition) is 8. The molecule has 0 aliphatic heterocycles. The van der Waals surface area contributed by atoms with Crippen molar-refractivity contribution in [3.8, 4) is 5.82 Å². The van der Waals surface area contributed by atoms with Crippen LogP contribution in [0.5, 0.6) is 0 Å². The predicted molar refractivity (Wildman–Crippen MR) is 146 cm³/mol. The first kappa shape index (κ1) is 27.4. The average molecular weight is 549 g/mol. The van der Waals surface area contributed by atoms with E-state index in [0.717, 1.165) is 23.0 Å². The normalized spacial score (nSPS) is 21.6. The lowest BCUT2D eigenvalue weighted by Gasteiger charge is -2.42. The number of aliphatic hydroxyl groups is 1. The fourth-order valence-electron chi connectivity index (χ4n) is 5.06. The Bertz CT molecular complexity index is 1490. The molecular weight excluding hydrogens is 515 g/mol. The van der Waals surface area contributed by atoms with Crippen LogP contribution in [-0.4, -0.2) is 53.7 Å². The zero-order valence-corrected chi connectivity index (χ0v) is 22.9. The topological polar surface area (TPSA) is 143 Å². The second-order valence-corrected chi connectivity index (χ2v) is 10.5. The summed E-state index contributed by atoms with van der Waals surface area (Å²) in [5.74, 6) is 0.990. The summed E-state index contributed by atoms with van der Waals surface area (Å²) in [4.78, 5) is 22.5. The van der Waals surface area contributed by atoms with E-state index in [1.165, 1.54) is 18.0 Å². The minimum atomic E-state index is -1.20. The molecule has 1 atom stereocenters. The number of aryl methyl sites for hydroxylation is 2. The number of carbonyl (C=O) groups excluding carboxylic acids is 1. The number of hydrogen-bond donors (Lipinski definition) is 4. The summed E-state index contributed by atoms with van der Waals surface area (Å²) in [5, 5.41) is 28.8. The summed E-state index contributed by atoms with van der Waals surface area (Å²) in [7, 11) is 1.52. The Hall–Kier alpha value is -4.16. The second-order valence-electron chi connectivity index (χ2n) is 10.5. The number of methoxy groups -OCH3 is 1. The lowest BCUT2D eigenvalue weighted by Crippen LogP contribution is -2.53. The Kier molecular flexibility index (Phi) is 7.39. The molecule has 0 spiro atoms. The van der Waals surface area contributed by atoms with E-state index in [2.05, 4.69) is 35.9 Å². The van der Waals surface area contributed by atoms with Gasteiger partial charge >= 0.3 is 0 Å². The van der Waals surface area contributed by atoms with Crippen molar-refractivity contribution in [1.82, 2.24) is 35.3 Å². The summed E-state index contributed by atoms with van der Waals surface area (Å²) in [5.41, 5.74) is 0.898. The Labute approximate surface area is 231 Å². The molecule has 4 heterocycles. The van der Waals surface area contributed by atoms with Crippen molar-refractivity contribution in [2.45, 2.75) is 63.7 Å². The van der Waals surface area contributed by atoms with E-state index in [-0.39, 0.29) is 11.9 Å². The first-order valence-corrected chi connectivity index (χ1v) is 13.1. The van der Waals surface area contributed by atoms with Crippen LogP contribution in [0.15, 0.2) is 48.9 Å². The van der Waals surface area contributed by atoms with E-state index in [0.29, 0.717) is 48.8 Å². The number of ether oxygens (including phenoxy) is 1. The summed E-state index contributed by atoms with van der Waals surface area (Å²) in [6.45, 7) is 5.72. The molecule has 40 heavy (non-hydrogen) atoms. The number of carbonyl (C=O) groups is 1. The number of aromatic amines is 1. The van der Waals surface area contributed by atoms with Gasteiger partial charge in [0, 0.05) is 25.1 Å². The molecule has 0 aromatic carbocycles. The summed E-state index contributed by atoms with van der Waals surface area (Å²) >= 11 is 0. The van der Waals surface area contributed by atoms with Crippen LogP contribution >= 0.6 is 0 Å². The molecule has 1 amide bonds. The lowest BCUT2D eigenvalue weighted by atomic mass is 9.73. The molecule has 1 fully saturated rings. The highest BCUT2D eigenvalue weighted by Crippen LogP contribution is 2.43. The summed E-state index contributed by atoms with van der Waals surface area (Å²) < 4.78 is 20.4. The van der Waals surface area contributed by atoms with Crippen LogP contribution in [0.1, 0.15) is 61.2 Å². The number of nitrogens with zero attached hydrogens (tertiary/aromatic N) is 5. The average Bonchev–Trinajstić information content (AvgIpc) is 3.56. The number of nitrogens with one attached hydrogen (secondary N) is 3. The van der Waals surface area contributed by atoms with Crippen molar-refractivity contribution in [2.24, 2.45) is 0 Å². The lowest BCUT2D eigenvalue weighted by molar-refractivity contribution is -0.157. The molecule has 11 nitrogen and oxygen atoms in total. The van der Waals surface area contributed by atoms with Gasteiger partial charge in [-0.1, -0.05) is 6.07 Å². The van der Waals surface area contributed by atoms with Gasteiger partial charge in [0.15, 0.2) is 17.5 Å². The van der Waals surface area contributed by atoms with E-state index in [1.54, 1.807) is 12.3 Å². The maximum absolute atomic E-state index is 13.5. The zero-order valence-electron chi connectivity index (χ0n) is 22.9. The van der Waals surface area contributed by atoms with E-state index in [4.69, 9.17) is 4.74 Å². The molecule has 1 aliphatic rings. The van der Waals surface area contributed by atoms with Crippen LogP contribution in [0.4, 0.5) is 16.0 Å². The van der Waals surface area contributed by atoms with Gasteiger partial charge in [-0.05, 0) is 75.8 Å². The van der Waals surface area contributed by atoms with Gasteiger partial charge in [-0.2, -0.15) is 10.2 Å². The van der Waals surface area contributed by atoms with Crippen LogP contribution < -0.4 is 10.6 Å². The third kappa shape index (κ3) is 5.58. The monoisotopic (exact) mass is 548 g/mol. The summed E-state index contributed by atoms with van der Waals surface area (Å²) in [6, 6.07) is 8.80. The minimum absolute atomic E-state index is 0.253. The molecule has 0 unspecified atom stereocenters. The van der Waals surface area contributed by atoms with Crippen molar-refractivity contribution in [3.05, 3.63) is 77.3 Å². The highest BCUT2D eigenvalue weighted by molar-refractivity contribution is 5.85. The molecule has 0 saturated heterocycles. The van der Waals surface area contributed by atoms with E-state index >= 15 is 0 Å². The van der Waals surface area contributed by atoms with Crippen molar-refractivity contribution in [1.29, 1.82) is 0 Å². The highest BCUT2D eigenvalue weighted by Gasteiger charge is 2.48. The molecule has 12 heteroatoms. The molecule has 5 rings (SSSR count). The first-order chi connectivity index (χ1) is 19.1. The molecular formula is C28H33FN8O3. The fourth-order valence-corrected chi connectivity index (χ4v) is 5.06. The first-order valence-electron chi connectivity index (χ1n) is 13.1. The van der Waals surface area contributed by atoms with Gasteiger partial charge in [0.2, 0.25) is 0 Å². The minimum Gasteiger partial charge on any atom is -0.384 e. The van der Waals surface area contributed by atoms with Crippen LogP contribution in [0.25, 0.3) is 5.82 Å². The van der Waals surface area contributed by atoms with Crippen molar-refractivity contribution in [3.63, 3.8) is 0 Å².